The third kappa shape index (κ3) is 9.08. The fraction of sp³-hybridized carbons (Fsp3) is 0.269. The second kappa shape index (κ2) is 19.7. The Labute approximate surface area is 382 Å². The van der Waals surface area contributed by atoms with E-state index in [1.807, 2.05) is 52.5 Å². The fourth-order valence-electron chi connectivity index (χ4n) is 8.65. The molecule has 2 atom stereocenters. The molecule has 0 saturated carbocycles. The van der Waals surface area contributed by atoms with Gasteiger partial charge in [0.05, 0.1) is 54.4 Å². The van der Waals surface area contributed by atoms with Crippen LogP contribution in [0.15, 0.2) is 110 Å². The van der Waals surface area contributed by atoms with E-state index in [9.17, 15) is 18.4 Å². The minimum atomic E-state index is -0.467. The lowest BCUT2D eigenvalue weighted by atomic mass is 9.99. The zero-order valence-electron chi connectivity index (χ0n) is 37.9. The van der Waals surface area contributed by atoms with Gasteiger partial charge < -0.3 is 19.3 Å². The molecule has 4 aromatic heterocycles. The maximum absolute atomic E-state index is 14.9. The standard InChI is InChI=1S/C52H52F2N8O4/c1-7-21-61(51(63)36-16-18-40(47(25-36)65-8-2)34-12-10-14-38(53)23-34)32(5)44-28-56-46(45-30-58-60-50(44)45)20-22-62(33(6)43-27-55-31(4)42-29-57-59-49(42)43)52(64)37-17-19-41(48(26-37)66-9-3)35-13-11-15-39(54)24-35/h10-19,23-30,32-33H,7-9,20-22H2,1-6H3,(H,57,59)(H,58,60). The number of benzene rings is 4. The highest BCUT2D eigenvalue weighted by molar-refractivity contribution is 5.97. The number of aryl methyl sites for hydroxylation is 1. The Morgan fingerprint density at radius 1 is 0.636 bits per heavy atom. The van der Waals surface area contributed by atoms with Crippen molar-refractivity contribution in [3.63, 3.8) is 0 Å². The summed E-state index contributed by atoms with van der Waals surface area (Å²) in [5, 5.41) is 16.7. The van der Waals surface area contributed by atoms with Crippen molar-refractivity contribution in [3.05, 3.63) is 155 Å². The Morgan fingerprint density at radius 2 is 1.14 bits per heavy atom. The minimum absolute atomic E-state index is 0.190. The third-order valence-electron chi connectivity index (χ3n) is 12.1. The minimum Gasteiger partial charge on any atom is -0.493 e. The molecule has 12 nitrogen and oxygen atoms in total. The number of aromatic amines is 2. The SMILES string of the molecule is CCCN(C(=O)c1ccc(-c2cccc(F)c2)c(OCC)c1)C(C)c1cnc(CCN(C(=O)c2ccc(-c3cccc(F)c3)c(OCC)c2)C(C)c2cnc(C)c3cn[nH]c23)c2cn[nH]c12. The molecule has 0 radical (unpaired) electrons. The largest absolute Gasteiger partial charge is 0.493 e. The second-order valence-corrected chi connectivity index (χ2v) is 16.2. The van der Waals surface area contributed by atoms with Crippen LogP contribution in [0.4, 0.5) is 8.78 Å². The van der Waals surface area contributed by atoms with Crippen LogP contribution in [0.3, 0.4) is 0 Å². The van der Waals surface area contributed by atoms with E-state index in [-0.39, 0.29) is 30.0 Å². The van der Waals surface area contributed by atoms with E-state index in [0.717, 1.165) is 38.6 Å². The first-order chi connectivity index (χ1) is 32.0. The summed E-state index contributed by atoms with van der Waals surface area (Å²) in [6.07, 6.45) is 8.09. The number of fused-ring (bicyclic) bond motifs is 2. The third-order valence-corrected chi connectivity index (χ3v) is 12.1. The van der Waals surface area contributed by atoms with Crippen LogP contribution in [0.5, 0.6) is 11.5 Å². The van der Waals surface area contributed by atoms with Gasteiger partial charge in [0.1, 0.15) is 23.1 Å². The molecule has 338 valence electrons. The first-order valence-corrected chi connectivity index (χ1v) is 22.3. The van der Waals surface area contributed by atoms with Crippen LogP contribution < -0.4 is 9.47 Å². The van der Waals surface area contributed by atoms with Gasteiger partial charge in [0.2, 0.25) is 0 Å². The van der Waals surface area contributed by atoms with Crippen LogP contribution in [0, 0.1) is 18.6 Å². The Morgan fingerprint density at radius 3 is 1.65 bits per heavy atom. The molecule has 4 aromatic carbocycles. The summed E-state index contributed by atoms with van der Waals surface area (Å²) < 4.78 is 40.5. The topological polar surface area (TPSA) is 142 Å². The summed E-state index contributed by atoms with van der Waals surface area (Å²) in [5.41, 5.74) is 8.13. The van der Waals surface area contributed by atoms with Gasteiger partial charge in [0, 0.05) is 81.8 Å². The molecule has 4 heterocycles. The van der Waals surface area contributed by atoms with Gasteiger partial charge in [-0.25, -0.2) is 8.78 Å². The van der Waals surface area contributed by atoms with Crippen LogP contribution >= 0.6 is 0 Å². The summed E-state index contributed by atoms with van der Waals surface area (Å²) >= 11 is 0. The second-order valence-electron chi connectivity index (χ2n) is 16.2. The van der Waals surface area contributed by atoms with Crippen LogP contribution in [0.2, 0.25) is 0 Å². The number of carbonyl (C=O) groups excluding carboxylic acids is 2. The number of hydrogen-bond donors (Lipinski definition) is 2. The average Bonchev–Trinajstić information content (AvgIpc) is 4.03. The quantitative estimate of drug-likeness (QED) is 0.0920. The maximum Gasteiger partial charge on any atom is 0.254 e. The molecule has 66 heavy (non-hydrogen) atoms. The van der Waals surface area contributed by atoms with E-state index < -0.39 is 12.1 Å². The summed E-state index contributed by atoms with van der Waals surface area (Å²) in [5.74, 6) is -0.215. The number of ether oxygens (including phenoxy) is 2. The molecule has 0 fully saturated rings. The molecule has 0 aliphatic rings. The molecular weight excluding hydrogens is 839 g/mol. The normalized spacial score (nSPS) is 12.3. The number of hydrogen-bond acceptors (Lipinski definition) is 8. The number of carbonyl (C=O) groups is 2. The van der Waals surface area contributed by atoms with Crippen molar-refractivity contribution in [2.45, 2.75) is 66.5 Å². The van der Waals surface area contributed by atoms with Crippen LogP contribution in [-0.4, -0.2) is 78.3 Å². The number of amides is 2. The molecule has 8 aromatic rings. The first kappa shape index (κ1) is 45.1. The number of nitrogens with one attached hydrogen (secondary N) is 2. The average molecular weight is 891 g/mol. The predicted octanol–water partition coefficient (Wildman–Crippen LogP) is 11.0. The molecule has 0 spiro atoms. The molecule has 0 aliphatic carbocycles. The Bertz CT molecular complexity index is 3040. The van der Waals surface area contributed by atoms with Crippen LogP contribution in [-0.2, 0) is 6.42 Å². The lowest BCUT2D eigenvalue weighted by Crippen LogP contribution is -2.36. The highest BCUT2D eigenvalue weighted by Crippen LogP contribution is 2.37. The lowest BCUT2D eigenvalue weighted by molar-refractivity contribution is 0.0685. The molecular formula is C52H52F2N8O4. The van der Waals surface area contributed by atoms with Crippen molar-refractivity contribution in [2.75, 3.05) is 26.3 Å². The van der Waals surface area contributed by atoms with E-state index in [2.05, 4.69) is 25.4 Å². The number of halogens is 2. The molecule has 2 N–H and O–H groups in total. The number of H-pyrrole nitrogens is 2. The van der Waals surface area contributed by atoms with E-state index in [1.54, 1.807) is 84.3 Å². The molecule has 2 amide bonds. The number of nitrogens with zero attached hydrogens (tertiary/aromatic N) is 6. The van der Waals surface area contributed by atoms with Gasteiger partial charge in [0.25, 0.3) is 11.8 Å². The highest BCUT2D eigenvalue weighted by atomic mass is 19.1. The molecule has 0 saturated heterocycles. The highest BCUT2D eigenvalue weighted by Gasteiger charge is 2.29. The van der Waals surface area contributed by atoms with Gasteiger partial charge >= 0.3 is 0 Å². The fourth-order valence-corrected chi connectivity index (χ4v) is 8.65. The van der Waals surface area contributed by atoms with Gasteiger partial charge in [-0.1, -0.05) is 31.2 Å². The summed E-state index contributed by atoms with van der Waals surface area (Å²) in [6.45, 7) is 13.0. The molecule has 8 rings (SSSR count). The maximum atomic E-state index is 14.9. The van der Waals surface area contributed by atoms with Gasteiger partial charge in [-0.05, 0) is 113 Å². The lowest BCUT2D eigenvalue weighted by Gasteiger charge is -2.31. The van der Waals surface area contributed by atoms with Crippen molar-refractivity contribution >= 4 is 33.6 Å². The molecule has 0 aliphatic heterocycles. The van der Waals surface area contributed by atoms with Crippen LogP contribution in [0.25, 0.3) is 44.1 Å². The molecule has 0 bridgehead atoms. The van der Waals surface area contributed by atoms with E-state index in [4.69, 9.17) is 14.5 Å². The zero-order valence-corrected chi connectivity index (χ0v) is 37.9. The predicted molar refractivity (Wildman–Crippen MR) is 251 cm³/mol. The summed E-state index contributed by atoms with van der Waals surface area (Å²) in [4.78, 5) is 42.5. The van der Waals surface area contributed by atoms with Gasteiger partial charge in [0.15, 0.2) is 0 Å². The van der Waals surface area contributed by atoms with Crippen LogP contribution in [0.1, 0.15) is 96.4 Å². The zero-order chi connectivity index (χ0) is 46.5. The first-order valence-electron chi connectivity index (χ1n) is 22.3. The number of rotatable bonds is 17. The molecule has 14 heteroatoms. The van der Waals surface area contributed by atoms with Crippen molar-refractivity contribution in [3.8, 4) is 33.8 Å². The van der Waals surface area contributed by atoms with Gasteiger partial charge in [-0.2, -0.15) is 10.2 Å². The monoisotopic (exact) mass is 890 g/mol. The Balaban J connectivity index is 1.10. The molecule has 2 unspecified atom stereocenters. The van der Waals surface area contributed by atoms with E-state index in [0.29, 0.717) is 83.2 Å². The van der Waals surface area contributed by atoms with Crippen molar-refractivity contribution in [1.29, 1.82) is 0 Å². The van der Waals surface area contributed by atoms with E-state index >= 15 is 0 Å². The smallest absolute Gasteiger partial charge is 0.254 e. The van der Waals surface area contributed by atoms with Crippen molar-refractivity contribution in [1.82, 2.24) is 40.2 Å². The summed E-state index contributed by atoms with van der Waals surface area (Å²) in [6, 6.07) is 22.2. The van der Waals surface area contributed by atoms with Gasteiger partial charge in [-0.15, -0.1) is 0 Å². The Hall–Kier alpha value is -7.48. The number of aromatic nitrogens is 6. The van der Waals surface area contributed by atoms with Crippen molar-refractivity contribution in [2.24, 2.45) is 0 Å². The summed E-state index contributed by atoms with van der Waals surface area (Å²) in [7, 11) is 0. The van der Waals surface area contributed by atoms with E-state index in [1.165, 1.54) is 24.3 Å². The van der Waals surface area contributed by atoms with Gasteiger partial charge in [-0.3, -0.25) is 29.8 Å². The number of pyridine rings is 2. The van der Waals surface area contributed by atoms with Crippen molar-refractivity contribution < 1.29 is 27.8 Å². The Kier molecular flexibility index (Phi) is 13.5.